The van der Waals surface area contributed by atoms with Crippen molar-refractivity contribution in [1.29, 1.82) is 0 Å². The summed E-state index contributed by atoms with van der Waals surface area (Å²) >= 11 is 0. The van der Waals surface area contributed by atoms with E-state index in [0.29, 0.717) is 36.4 Å². The number of hydrogen-bond acceptors (Lipinski definition) is 5. The van der Waals surface area contributed by atoms with Crippen molar-refractivity contribution < 1.29 is 14.1 Å². The number of anilines is 1. The molecular formula is C20H24N4O3. The lowest BCUT2D eigenvalue weighted by Crippen LogP contribution is -2.37. The zero-order valence-corrected chi connectivity index (χ0v) is 15.5. The van der Waals surface area contributed by atoms with E-state index in [4.69, 9.17) is 4.52 Å². The Hall–Kier alpha value is -2.70. The van der Waals surface area contributed by atoms with Gasteiger partial charge >= 0.3 is 0 Å². The standard InChI is InChI=1S/C20H24N4O3/c1-13(25)21-16-7-5-6-14(10-16)20-22-19(23-27-20)15-11-18(26)24(12-15)17-8-3-2-4-9-17/h5-7,10,15,17H,2-4,8-9,11-12H2,1H3,(H,21,25). The van der Waals surface area contributed by atoms with E-state index in [1.165, 1.54) is 26.2 Å². The quantitative estimate of drug-likeness (QED) is 0.894. The summed E-state index contributed by atoms with van der Waals surface area (Å²) < 4.78 is 5.44. The first-order chi connectivity index (χ1) is 13.1. The fraction of sp³-hybridized carbons (Fsp3) is 0.500. The predicted octanol–water partition coefficient (Wildman–Crippen LogP) is 3.34. The highest BCUT2D eigenvalue weighted by atomic mass is 16.5. The minimum absolute atomic E-state index is 0.0181. The molecule has 1 unspecified atom stereocenters. The minimum atomic E-state index is -0.134. The lowest BCUT2D eigenvalue weighted by molar-refractivity contribution is -0.130. The zero-order valence-electron chi connectivity index (χ0n) is 15.5. The Morgan fingerprint density at radius 3 is 2.85 bits per heavy atom. The Balaban J connectivity index is 1.48. The number of amides is 2. The van der Waals surface area contributed by atoms with Crippen LogP contribution in [-0.2, 0) is 9.59 Å². The summed E-state index contributed by atoms with van der Waals surface area (Å²) in [5.41, 5.74) is 1.42. The van der Waals surface area contributed by atoms with E-state index in [1.807, 2.05) is 17.0 Å². The third kappa shape index (κ3) is 3.86. The lowest BCUT2D eigenvalue weighted by atomic mass is 9.94. The van der Waals surface area contributed by atoms with Crippen LogP contribution in [0.15, 0.2) is 28.8 Å². The van der Waals surface area contributed by atoms with Crippen molar-refractivity contribution >= 4 is 17.5 Å². The van der Waals surface area contributed by atoms with Gasteiger partial charge in [0, 0.05) is 43.1 Å². The molecule has 0 radical (unpaired) electrons. The van der Waals surface area contributed by atoms with Crippen molar-refractivity contribution in [2.75, 3.05) is 11.9 Å². The highest BCUT2D eigenvalue weighted by Gasteiger charge is 2.37. The topological polar surface area (TPSA) is 88.3 Å². The highest BCUT2D eigenvalue weighted by Crippen LogP contribution is 2.33. The molecule has 1 saturated heterocycles. The van der Waals surface area contributed by atoms with Gasteiger partial charge in [-0.15, -0.1) is 0 Å². The largest absolute Gasteiger partial charge is 0.339 e. The Bertz CT molecular complexity index is 841. The van der Waals surface area contributed by atoms with Crippen molar-refractivity contribution in [2.45, 2.75) is 57.4 Å². The van der Waals surface area contributed by atoms with E-state index in [9.17, 15) is 9.59 Å². The molecule has 1 aromatic heterocycles. The van der Waals surface area contributed by atoms with Gasteiger partial charge in [-0.1, -0.05) is 30.5 Å². The molecule has 0 bridgehead atoms. The Kier molecular flexibility index (Phi) is 4.92. The molecular weight excluding hydrogens is 344 g/mol. The van der Waals surface area contributed by atoms with Crippen molar-refractivity contribution in [3.05, 3.63) is 30.1 Å². The Morgan fingerprint density at radius 2 is 2.07 bits per heavy atom. The van der Waals surface area contributed by atoms with Gasteiger partial charge in [-0.05, 0) is 31.0 Å². The molecule has 1 saturated carbocycles. The first-order valence-corrected chi connectivity index (χ1v) is 9.61. The molecule has 0 spiro atoms. The van der Waals surface area contributed by atoms with Crippen LogP contribution in [0.3, 0.4) is 0 Å². The maximum absolute atomic E-state index is 12.5. The summed E-state index contributed by atoms with van der Waals surface area (Å²) in [5.74, 6) is 1.04. The first-order valence-electron chi connectivity index (χ1n) is 9.61. The van der Waals surface area contributed by atoms with Crippen LogP contribution < -0.4 is 5.32 Å². The molecule has 2 amide bonds. The van der Waals surface area contributed by atoms with Crippen LogP contribution in [0.25, 0.3) is 11.5 Å². The molecule has 7 heteroatoms. The summed E-state index contributed by atoms with van der Waals surface area (Å²) in [7, 11) is 0. The smallest absolute Gasteiger partial charge is 0.258 e. The number of aromatic nitrogens is 2. The zero-order chi connectivity index (χ0) is 18.8. The molecule has 4 rings (SSSR count). The van der Waals surface area contributed by atoms with Crippen molar-refractivity contribution in [2.24, 2.45) is 0 Å². The maximum atomic E-state index is 12.5. The second kappa shape index (κ2) is 7.50. The molecule has 1 aliphatic carbocycles. The number of benzene rings is 1. The van der Waals surface area contributed by atoms with Crippen LogP contribution in [0.2, 0.25) is 0 Å². The van der Waals surface area contributed by atoms with E-state index in [1.54, 1.807) is 12.1 Å². The molecule has 27 heavy (non-hydrogen) atoms. The molecule has 2 heterocycles. The molecule has 7 nitrogen and oxygen atoms in total. The number of carbonyl (C=O) groups excluding carboxylic acids is 2. The van der Waals surface area contributed by atoms with E-state index in [0.717, 1.165) is 18.4 Å². The monoisotopic (exact) mass is 368 g/mol. The van der Waals surface area contributed by atoms with E-state index < -0.39 is 0 Å². The summed E-state index contributed by atoms with van der Waals surface area (Å²) in [5, 5.41) is 6.87. The first kappa shape index (κ1) is 17.7. The second-order valence-corrected chi connectivity index (χ2v) is 7.46. The summed E-state index contributed by atoms with van der Waals surface area (Å²) in [6.45, 7) is 2.14. The van der Waals surface area contributed by atoms with Gasteiger partial charge in [-0.25, -0.2) is 0 Å². The minimum Gasteiger partial charge on any atom is -0.339 e. The van der Waals surface area contributed by atoms with Crippen LogP contribution >= 0.6 is 0 Å². The van der Waals surface area contributed by atoms with Crippen molar-refractivity contribution in [1.82, 2.24) is 15.0 Å². The van der Waals surface area contributed by atoms with Gasteiger partial charge in [-0.3, -0.25) is 9.59 Å². The number of hydrogen-bond donors (Lipinski definition) is 1. The van der Waals surface area contributed by atoms with Gasteiger partial charge in [0.25, 0.3) is 5.89 Å². The number of likely N-dealkylation sites (tertiary alicyclic amines) is 1. The summed E-state index contributed by atoms with van der Waals surface area (Å²) in [6.07, 6.45) is 6.33. The van der Waals surface area contributed by atoms with Gasteiger partial charge in [0.15, 0.2) is 5.82 Å². The molecule has 1 aromatic carbocycles. The van der Waals surface area contributed by atoms with Gasteiger partial charge in [0.1, 0.15) is 0 Å². The molecule has 2 aromatic rings. The predicted molar refractivity (Wildman–Crippen MR) is 100.0 cm³/mol. The number of nitrogens with zero attached hydrogens (tertiary/aromatic N) is 3. The van der Waals surface area contributed by atoms with E-state index in [-0.39, 0.29) is 17.7 Å². The molecule has 1 aliphatic heterocycles. The third-order valence-electron chi connectivity index (χ3n) is 5.41. The normalized spacial score (nSPS) is 20.9. The molecule has 2 aliphatic rings. The number of rotatable bonds is 4. The van der Waals surface area contributed by atoms with Crippen LogP contribution in [0.4, 0.5) is 5.69 Å². The highest BCUT2D eigenvalue weighted by molar-refractivity contribution is 5.89. The average Bonchev–Trinajstić information content (AvgIpc) is 3.29. The van der Waals surface area contributed by atoms with Crippen LogP contribution in [0, 0.1) is 0 Å². The van der Waals surface area contributed by atoms with Gasteiger partial charge in [0.05, 0.1) is 0 Å². The number of nitrogens with one attached hydrogen (secondary N) is 1. The fourth-order valence-electron chi connectivity index (χ4n) is 4.10. The van der Waals surface area contributed by atoms with Crippen LogP contribution in [0.5, 0.6) is 0 Å². The maximum Gasteiger partial charge on any atom is 0.258 e. The molecule has 142 valence electrons. The lowest BCUT2D eigenvalue weighted by Gasteiger charge is -2.31. The van der Waals surface area contributed by atoms with Gasteiger partial charge in [0.2, 0.25) is 11.8 Å². The van der Waals surface area contributed by atoms with Gasteiger partial charge < -0.3 is 14.7 Å². The average molecular weight is 368 g/mol. The SMILES string of the molecule is CC(=O)Nc1cccc(-c2nc(C3CC(=O)N(C4CCCCC4)C3)no2)c1. The molecule has 1 atom stereocenters. The molecule has 1 N–H and O–H groups in total. The van der Waals surface area contributed by atoms with E-state index >= 15 is 0 Å². The Labute approximate surface area is 158 Å². The van der Waals surface area contributed by atoms with Crippen molar-refractivity contribution in [3.8, 4) is 11.5 Å². The van der Waals surface area contributed by atoms with Crippen LogP contribution in [0.1, 0.15) is 57.2 Å². The third-order valence-corrected chi connectivity index (χ3v) is 5.41. The Morgan fingerprint density at radius 1 is 1.26 bits per heavy atom. The van der Waals surface area contributed by atoms with Crippen LogP contribution in [-0.4, -0.2) is 39.4 Å². The second-order valence-electron chi connectivity index (χ2n) is 7.46. The molecule has 2 fully saturated rings. The fourth-order valence-corrected chi connectivity index (χ4v) is 4.10. The van der Waals surface area contributed by atoms with Gasteiger partial charge in [-0.2, -0.15) is 4.98 Å². The summed E-state index contributed by atoms with van der Waals surface area (Å²) in [6, 6.07) is 7.66. The van der Waals surface area contributed by atoms with E-state index in [2.05, 4.69) is 15.5 Å². The number of carbonyl (C=O) groups is 2. The summed E-state index contributed by atoms with van der Waals surface area (Å²) in [4.78, 5) is 30.3. The van der Waals surface area contributed by atoms with Crippen molar-refractivity contribution in [3.63, 3.8) is 0 Å².